The highest BCUT2D eigenvalue weighted by Gasteiger charge is 2.52. The van der Waals surface area contributed by atoms with Crippen LogP contribution < -0.4 is 10.6 Å². The van der Waals surface area contributed by atoms with Crippen molar-refractivity contribution in [2.24, 2.45) is 23.7 Å². The number of amides is 3. The SMILES string of the molecule is CC[C@@H](C)C(=O)N[C@H]1COC(=O)COC(=O)OC[C@H](CC(=O)[C@H](C)NC)C(=O)N2C[C@@H](OCCO[C@@H]3CN(C1=O)[C@@H]1CN(CCc4ccccc4)C[C@@H]13)[C@H]1CN(CCc3ccccc3)C[C@H]12. The number of cyclic esters (lactones) is 3. The number of fused-ring (bicyclic) bond motifs is 10. The number of carbonyl (C=O) groups excluding carboxylic acids is 6. The highest BCUT2D eigenvalue weighted by atomic mass is 16.7. The highest BCUT2D eigenvalue weighted by molar-refractivity contribution is 5.90. The summed E-state index contributed by atoms with van der Waals surface area (Å²) in [5, 5.41) is 5.75. The van der Waals surface area contributed by atoms with Crippen molar-refractivity contribution in [1.29, 1.82) is 0 Å². The molecule has 5 heterocycles. The third-order valence-electron chi connectivity index (χ3n) is 14.3. The number of hydrogen-bond acceptors (Lipinski definition) is 14. The molecule has 17 nitrogen and oxygen atoms in total. The molecular formula is C49H68N6O11. The molecule has 66 heavy (non-hydrogen) atoms. The number of nitrogens with zero attached hydrogens (tertiary/aromatic N) is 4. The Hall–Kier alpha value is -4.94. The monoisotopic (exact) mass is 916 g/mol. The van der Waals surface area contributed by atoms with Crippen molar-refractivity contribution in [2.45, 2.75) is 82.8 Å². The fourth-order valence-electron chi connectivity index (χ4n) is 10.0. The van der Waals surface area contributed by atoms with Gasteiger partial charge in [-0.25, -0.2) is 9.59 Å². The van der Waals surface area contributed by atoms with Crippen molar-refractivity contribution in [2.75, 3.05) is 92.4 Å². The van der Waals surface area contributed by atoms with Crippen LogP contribution in [0.15, 0.2) is 60.7 Å². The van der Waals surface area contributed by atoms with Gasteiger partial charge < -0.3 is 53.9 Å². The van der Waals surface area contributed by atoms with Crippen LogP contribution in [0.4, 0.5) is 4.79 Å². The molecule has 2 N–H and O–H groups in total. The van der Waals surface area contributed by atoms with Gasteiger partial charge in [-0.05, 0) is 44.4 Å². The van der Waals surface area contributed by atoms with E-state index in [0.717, 1.165) is 25.9 Å². The molecule has 4 bridgehead atoms. The lowest BCUT2D eigenvalue weighted by atomic mass is 9.97. The molecule has 3 amide bonds. The molecule has 0 unspecified atom stereocenters. The second kappa shape index (κ2) is 23.2. The number of esters is 1. The molecule has 0 spiro atoms. The van der Waals surface area contributed by atoms with E-state index in [1.54, 1.807) is 30.7 Å². The Morgan fingerprint density at radius 2 is 1.24 bits per heavy atom. The Bertz CT molecular complexity index is 1840. The molecule has 2 aromatic carbocycles. The van der Waals surface area contributed by atoms with Gasteiger partial charge >= 0.3 is 12.1 Å². The first kappa shape index (κ1) is 49.0. The van der Waals surface area contributed by atoms with Crippen LogP contribution in [0.3, 0.4) is 0 Å². The summed E-state index contributed by atoms with van der Waals surface area (Å²) >= 11 is 0. The summed E-state index contributed by atoms with van der Waals surface area (Å²) < 4.78 is 29.3. The van der Waals surface area contributed by atoms with Crippen LogP contribution in [-0.2, 0) is 60.5 Å². The maximum Gasteiger partial charge on any atom is 0.508 e. The van der Waals surface area contributed by atoms with Crippen LogP contribution >= 0.6 is 0 Å². The van der Waals surface area contributed by atoms with Gasteiger partial charge in [-0.2, -0.15) is 0 Å². The molecule has 360 valence electrons. The molecule has 5 fully saturated rings. The first-order chi connectivity index (χ1) is 31.9. The van der Waals surface area contributed by atoms with Gasteiger partial charge in [-0.3, -0.25) is 19.2 Å². The van der Waals surface area contributed by atoms with Crippen LogP contribution in [0.25, 0.3) is 0 Å². The van der Waals surface area contributed by atoms with E-state index >= 15 is 0 Å². The lowest BCUT2D eigenvalue weighted by Gasteiger charge is -2.30. The maximum absolute atomic E-state index is 14.6. The van der Waals surface area contributed by atoms with Crippen molar-refractivity contribution < 1.29 is 52.5 Å². The molecule has 0 saturated carbocycles. The fraction of sp³-hybridized carbons (Fsp3) is 0.633. The first-order valence-electron chi connectivity index (χ1n) is 23.7. The first-order valence-corrected chi connectivity index (χ1v) is 23.7. The zero-order chi connectivity index (χ0) is 46.7. The summed E-state index contributed by atoms with van der Waals surface area (Å²) in [6.07, 6.45) is 0.147. The average Bonchev–Trinajstić information content (AvgIpc) is 4.11. The van der Waals surface area contributed by atoms with Gasteiger partial charge in [-0.1, -0.05) is 74.5 Å². The second-order valence-corrected chi connectivity index (χ2v) is 18.5. The van der Waals surface area contributed by atoms with Gasteiger partial charge in [0.2, 0.25) is 17.7 Å². The third-order valence-corrected chi connectivity index (χ3v) is 14.3. The number of ketones is 1. The quantitative estimate of drug-likeness (QED) is 0.278. The minimum atomic E-state index is -1.22. The van der Waals surface area contributed by atoms with Gasteiger partial charge in [0, 0.05) is 76.5 Å². The largest absolute Gasteiger partial charge is 0.508 e. The van der Waals surface area contributed by atoms with Gasteiger partial charge in [0.25, 0.3) is 0 Å². The molecular weight excluding hydrogens is 849 g/mol. The number of Topliss-reactive ketones (excluding diaryl/α,β-unsaturated/α-hetero) is 1. The smallest absolute Gasteiger partial charge is 0.460 e. The number of benzene rings is 2. The normalized spacial score (nSPS) is 29.2. The number of carbonyl (C=O) groups is 6. The number of rotatable bonds is 13. The summed E-state index contributed by atoms with van der Waals surface area (Å²) in [4.78, 5) is 90.0. The van der Waals surface area contributed by atoms with Gasteiger partial charge in [-0.15, -0.1) is 0 Å². The number of hydrogen-bond donors (Lipinski definition) is 2. The third kappa shape index (κ3) is 12.3. The molecule has 5 aliphatic heterocycles. The molecule has 5 saturated heterocycles. The number of likely N-dealkylation sites (N-methyl/N-ethyl adjacent to an activating group) is 1. The Labute approximate surface area is 388 Å². The number of ether oxygens (including phenoxy) is 5. The summed E-state index contributed by atoms with van der Waals surface area (Å²) in [5.41, 5.74) is 2.43. The van der Waals surface area contributed by atoms with Crippen molar-refractivity contribution in [3.05, 3.63) is 71.8 Å². The van der Waals surface area contributed by atoms with Crippen molar-refractivity contribution >= 4 is 35.6 Å². The lowest BCUT2D eigenvalue weighted by molar-refractivity contribution is -0.152. The maximum atomic E-state index is 14.6. The van der Waals surface area contributed by atoms with E-state index in [1.807, 2.05) is 43.3 Å². The molecule has 10 atom stereocenters. The molecule has 7 rings (SSSR count). The number of likely N-dealkylation sites (tertiary alicyclic amines) is 2. The van der Waals surface area contributed by atoms with Crippen LogP contribution in [0, 0.1) is 23.7 Å². The highest BCUT2D eigenvalue weighted by Crippen LogP contribution is 2.37. The molecule has 2 aromatic rings. The Morgan fingerprint density at radius 1 is 0.697 bits per heavy atom. The Balaban J connectivity index is 1.12. The van der Waals surface area contributed by atoms with Gasteiger partial charge in [0.05, 0.1) is 49.5 Å². The number of nitrogens with one attached hydrogen (secondary N) is 2. The van der Waals surface area contributed by atoms with Crippen LogP contribution in [0.1, 0.15) is 44.7 Å². The second-order valence-electron chi connectivity index (χ2n) is 18.5. The molecule has 17 heteroatoms. The van der Waals surface area contributed by atoms with Gasteiger partial charge in [0.15, 0.2) is 6.61 Å². The Kier molecular flexibility index (Phi) is 17.2. The van der Waals surface area contributed by atoms with Gasteiger partial charge in [0.1, 0.15) is 25.0 Å². The van der Waals surface area contributed by atoms with Crippen LogP contribution in [0.2, 0.25) is 0 Å². The zero-order valence-corrected chi connectivity index (χ0v) is 38.8. The van der Waals surface area contributed by atoms with Crippen LogP contribution in [-0.4, -0.2) is 184 Å². The van der Waals surface area contributed by atoms with Crippen molar-refractivity contribution in [3.63, 3.8) is 0 Å². The minimum absolute atomic E-state index is 0.0182. The van der Waals surface area contributed by atoms with E-state index in [4.69, 9.17) is 23.7 Å². The predicted molar refractivity (Wildman–Crippen MR) is 242 cm³/mol. The molecule has 0 aliphatic carbocycles. The molecule has 0 radical (unpaired) electrons. The zero-order valence-electron chi connectivity index (χ0n) is 38.8. The summed E-state index contributed by atoms with van der Waals surface area (Å²) in [6.45, 7) is 8.83. The fourth-order valence-corrected chi connectivity index (χ4v) is 10.0. The van der Waals surface area contributed by atoms with E-state index in [9.17, 15) is 28.8 Å². The summed E-state index contributed by atoms with van der Waals surface area (Å²) in [7, 11) is 1.66. The minimum Gasteiger partial charge on any atom is -0.460 e. The predicted octanol–water partition coefficient (Wildman–Crippen LogP) is 1.95. The van der Waals surface area contributed by atoms with Crippen LogP contribution in [0.5, 0.6) is 0 Å². The summed E-state index contributed by atoms with van der Waals surface area (Å²) in [5.74, 6) is -3.73. The average molecular weight is 917 g/mol. The molecule has 5 aliphatic rings. The van der Waals surface area contributed by atoms with E-state index < -0.39 is 61.8 Å². The Morgan fingerprint density at radius 3 is 1.77 bits per heavy atom. The van der Waals surface area contributed by atoms with E-state index in [1.165, 1.54) is 11.1 Å². The standard InChI is InChI=1S/C49H68N6O11/c1-5-32(2)46(58)51-39-30-64-45(57)31-66-49(61)65-29-36(22-42(56)33(3)50-4)47(59)54-27-43(37-23-52(25-40(37)54)18-16-34-12-8-6-9-13-34)62-20-21-63-44-28-55(48(39)60)41-26-53(24-38(41)44)19-17-35-14-10-7-11-15-35/h6-15,32-33,36-41,43-44,50H,5,16-31H2,1-4H3,(H,51,58)/t32-,33+,36+,37+,38+,39+,40-,41-,43-,44-/m1/s1. The summed E-state index contributed by atoms with van der Waals surface area (Å²) in [6, 6.07) is 18.3. The lowest BCUT2D eigenvalue weighted by Crippen LogP contribution is -2.54. The van der Waals surface area contributed by atoms with Crippen molar-refractivity contribution in [3.8, 4) is 0 Å². The van der Waals surface area contributed by atoms with Crippen molar-refractivity contribution in [1.82, 2.24) is 30.2 Å². The van der Waals surface area contributed by atoms with E-state index in [-0.39, 0.29) is 79.9 Å². The van der Waals surface area contributed by atoms with E-state index in [0.29, 0.717) is 39.1 Å². The topological polar surface area (TPSA) is 186 Å². The van der Waals surface area contributed by atoms with E-state index in [2.05, 4.69) is 44.7 Å². The molecule has 0 aromatic heterocycles.